The third-order valence-corrected chi connectivity index (χ3v) is 6.11. The highest BCUT2D eigenvalue weighted by Crippen LogP contribution is 2.29. The van der Waals surface area contributed by atoms with Gasteiger partial charge in [-0.05, 0) is 61.2 Å². The molecule has 1 aliphatic heterocycles. The summed E-state index contributed by atoms with van der Waals surface area (Å²) in [6.45, 7) is 1.95. The lowest BCUT2D eigenvalue weighted by molar-refractivity contribution is 0.0601. The molecular weight excluding hydrogens is 363 g/mol. The third kappa shape index (κ3) is 4.62. The van der Waals surface area contributed by atoms with Crippen LogP contribution in [0.25, 0.3) is 11.1 Å². The molecule has 2 aromatic rings. The minimum Gasteiger partial charge on any atom is -0.465 e. The molecule has 4 nitrogen and oxygen atoms in total. The fraction of sp³-hybridized carbons (Fsp3) is 0.381. The average Bonchev–Trinajstić information content (AvgIpc) is 3.06. The van der Waals surface area contributed by atoms with Crippen LogP contribution in [0, 0.1) is 5.82 Å². The van der Waals surface area contributed by atoms with Crippen molar-refractivity contribution in [2.24, 2.45) is 0 Å². The maximum Gasteiger partial charge on any atom is 0.338 e. The number of nitrogens with one attached hydrogen (secondary N) is 1. The van der Waals surface area contributed by atoms with Crippen LogP contribution in [0.15, 0.2) is 42.5 Å². The first-order valence-corrected chi connectivity index (χ1v) is 10.3. The van der Waals surface area contributed by atoms with Gasteiger partial charge in [-0.2, -0.15) is 11.8 Å². The molecule has 0 aliphatic carbocycles. The Morgan fingerprint density at radius 3 is 2.67 bits per heavy atom. The number of carbonyl (C=O) groups excluding carboxylic acids is 1. The molecule has 0 aromatic heterocycles. The van der Waals surface area contributed by atoms with Crippen LogP contribution in [-0.2, 0) is 4.74 Å². The first-order valence-electron chi connectivity index (χ1n) is 8.97. The number of likely N-dealkylation sites (tertiary alicyclic amines) is 1. The molecule has 1 aliphatic rings. The van der Waals surface area contributed by atoms with Gasteiger partial charge in [0, 0.05) is 30.1 Å². The summed E-state index contributed by atoms with van der Waals surface area (Å²) in [6.07, 6.45) is 3.32. The van der Waals surface area contributed by atoms with Crippen molar-refractivity contribution >= 4 is 23.4 Å². The second-order valence-corrected chi connectivity index (χ2v) is 7.96. The van der Waals surface area contributed by atoms with E-state index in [1.54, 1.807) is 18.2 Å². The van der Waals surface area contributed by atoms with Gasteiger partial charge < -0.3 is 15.0 Å². The summed E-state index contributed by atoms with van der Waals surface area (Å²) in [4.78, 5) is 14.5. The summed E-state index contributed by atoms with van der Waals surface area (Å²) in [5.41, 5.74) is 2.91. The number of thioether (sulfide) groups is 1. The number of hydrogen-bond acceptors (Lipinski definition) is 5. The molecule has 0 bridgehead atoms. The Hall–Kier alpha value is -2.05. The summed E-state index contributed by atoms with van der Waals surface area (Å²) in [7, 11) is 3.52. The Morgan fingerprint density at radius 1 is 1.30 bits per heavy atom. The van der Waals surface area contributed by atoms with Crippen molar-refractivity contribution in [3.63, 3.8) is 0 Å². The second-order valence-electron chi connectivity index (χ2n) is 6.83. The van der Waals surface area contributed by atoms with E-state index in [9.17, 15) is 9.18 Å². The molecule has 1 saturated heterocycles. The molecular formula is C21H25FN2O2S. The third-order valence-electron chi connectivity index (χ3n) is 5.11. The molecule has 27 heavy (non-hydrogen) atoms. The average molecular weight is 389 g/mol. The molecule has 144 valence electrons. The van der Waals surface area contributed by atoms with Crippen molar-refractivity contribution in [2.45, 2.75) is 17.7 Å². The Labute approximate surface area is 164 Å². The number of halogens is 1. The molecule has 1 fully saturated rings. The zero-order valence-electron chi connectivity index (χ0n) is 15.9. The first-order chi connectivity index (χ1) is 13.0. The normalized spacial score (nSPS) is 19.9. The van der Waals surface area contributed by atoms with Crippen LogP contribution in [0.3, 0.4) is 0 Å². The van der Waals surface area contributed by atoms with E-state index in [1.807, 2.05) is 23.9 Å². The van der Waals surface area contributed by atoms with Gasteiger partial charge in [0.15, 0.2) is 0 Å². The van der Waals surface area contributed by atoms with Gasteiger partial charge in [0.1, 0.15) is 5.82 Å². The van der Waals surface area contributed by atoms with Crippen LogP contribution in [0.5, 0.6) is 0 Å². The van der Waals surface area contributed by atoms with Crippen LogP contribution in [0.4, 0.5) is 10.1 Å². The number of ether oxygens (including phenoxy) is 1. The number of rotatable bonds is 6. The van der Waals surface area contributed by atoms with Crippen LogP contribution < -0.4 is 5.32 Å². The predicted molar refractivity (Wildman–Crippen MR) is 110 cm³/mol. The molecule has 3 rings (SSSR count). The molecule has 0 amide bonds. The molecule has 0 saturated carbocycles. The van der Waals surface area contributed by atoms with Crippen LogP contribution >= 0.6 is 11.8 Å². The molecule has 2 atom stereocenters. The van der Waals surface area contributed by atoms with Gasteiger partial charge in [-0.25, -0.2) is 9.18 Å². The number of benzene rings is 2. The zero-order valence-corrected chi connectivity index (χ0v) is 16.7. The highest BCUT2D eigenvalue weighted by Gasteiger charge is 2.28. The fourth-order valence-electron chi connectivity index (χ4n) is 3.48. The summed E-state index contributed by atoms with van der Waals surface area (Å²) in [5.74, 6) is -0.709. The number of anilines is 1. The zero-order chi connectivity index (χ0) is 19.4. The van der Waals surface area contributed by atoms with E-state index in [2.05, 4.69) is 23.5 Å². The van der Waals surface area contributed by atoms with E-state index in [-0.39, 0.29) is 5.82 Å². The molecule has 0 radical (unpaired) electrons. The maximum absolute atomic E-state index is 13.3. The monoisotopic (exact) mass is 388 g/mol. The van der Waals surface area contributed by atoms with E-state index >= 15 is 0 Å². The summed E-state index contributed by atoms with van der Waals surface area (Å²) in [5, 5.41) is 4.17. The van der Waals surface area contributed by atoms with Crippen molar-refractivity contribution in [3.8, 4) is 11.1 Å². The quantitative estimate of drug-likeness (QED) is 0.754. The number of nitrogens with zero attached hydrogens (tertiary/aromatic N) is 1. The van der Waals surface area contributed by atoms with Gasteiger partial charge in [-0.15, -0.1) is 0 Å². The standard InChI is InChI=1S/C21H25FN2O2S/c1-24-13-18(27-3)11-17(24)12-23-16-8-9-19(21(25)26-2)20(10-16)14-4-6-15(22)7-5-14/h4-10,17-18,23H,11-13H2,1-3H3/t17-,18-/m0/s1. The first kappa shape index (κ1) is 19.7. The van der Waals surface area contributed by atoms with Gasteiger partial charge in [0.2, 0.25) is 0 Å². The lowest BCUT2D eigenvalue weighted by Gasteiger charge is -2.20. The molecule has 1 N–H and O–H groups in total. The maximum atomic E-state index is 13.3. The molecule has 0 spiro atoms. The molecule has 6 heteroatoms. The second kappa shape index (κ2) is 8.76. The Morgan fingerprint density at radius 2 is 2.04 bits per heavy atom. The van der Waals surface area contributed by atoms with Crippen LogP contribution in [0.2, 0.25) is 0 Å². The summed E-state index contributed by atoms with van der Waals surface area (Å²) >= 11 is 1.92. The highest BCUT2D eigenvalue weighted by atomic mass is 32.2. The SMILES string of the molecule is COC(=O)c1ccc(NC[C@@H]2C[C@H](SC)CN2C)cc1-c1ccc(F)cc1. The number of carbonyl (C=O) groups is 1. The number of methoxy groups -OCH3 is 1. The van der Waals surface area contributed by atoms with Crippen LogP contribution in [-0.4, -0.2) is 55.7 Å². The Kier molecular flexibility index (Phi) is 6.39. The van der Waals surface area contributed by atoms with E-state index in [0.717, 1.165) is 36.3 Å². The minimum atomic E-state index is -0.404. The van der Waals surface area contributed by atoms with Gasteiger partial charge in [0.25, 0.3) is 0 Å². The van der Waals surface area contributed by atoms with Crippen molar-refractivity contribution in [1.82, 2.24) is 4.90 Å². The van der Waals surface area contributed by atoms with Crippen molar-refractivity contribution in [3.05, 3.63) is 53.8 Å². The Bertz CT molecular complexity index is 797. The van der Waals surface area contributed by atoms with E-state index < -0.39 is 5.97 Å². The summed E-state index contributed by atoms with van der Waals surface area (Å²) < 4.78 is 18.2. The molecule has 1 heterocycles. The topological polar surface area (TPSA) is 41.6 Å². The van der Waals surface area contributed by atoms with Crippen molar-refractivity contribution in [2.75, 3.05) is 38.8 Å². The minimum absolute atomic E-state index is 0.305. The fourth-order valence-corrected chi connectivity index (χ4v) is 4.28. The van der Waals surface area contributed by atoms with Crippen molar-refractivity contribution in [1.29, 1.82) is 0 Å². The lowest BCUT2D eigenvalue weighted by atomic mass is 9.98. The van der Waals surface area contributed by atoms with Crippen LogP contribution in [0.1, 0.15) is 16.8 Å². The van der Waals surface area contributed by atoms with Gasteiger partial charge >= 0.3 is 5.97 Å². The van der Waals surface area contributed by atoms with Gasteiger partial charge in [0.05, 0.1) is 12.7 Å². The smallest absolute Gasteiger partial charge is 0.338 e. The van der Waals surface area contributed by atoms with Gasteiger partial charge in [-0.1, -0.05) is 12.1 Å². The number of likely N-dealkylation sites (N-methyl/N-ethyl adjacent to an activating group) is 1. The van der Waals surface area contributed by atoms with Gasteiger partial charge in [-0.3, -0.25) is 0 Å². The number of hydrogen-bond donors (Lipinski definition) is 1. The van der Waals surface area contributed by atoms with E-state index in [4.69, 9.17) is 4.74 Å². The Balaban J connectivity index is 1.81. The number of esters is 1. The largest absolute Gasteiger partial charge is 0.465 e. The lowest BCUT2D eigenvalue weighted by Crippen LogP contribution is -2.31. The van der Waals surface area contributed by atoms with E-state index in [0.29, 0.717) is 16.9 Å². The molecule has 2 aromatic carbocycles. The highest BCUT2D eigenvalue weighted by molar-refractivity contribution is 7.99. The predicted octanol–water partition coefficient (Wildman–Crippen LogP) is 4.13. The van der Waals surface area contributed by atoms with Crippen molar-refractivity contribution < 1.29 is 13.9 Å². The molecule has 0 unspecified atom stereocenters. The summed E-state index contributed by atoms with van der Waals surface area (Å²) in [6, 6.07) is 12.2. The van der Waals surface area contributed by atoms with E-state index in [1.165, 1.54) is 19.2 Å².